The molecule has 0 spiro atoms. The third kappa shape index (κ3) is 3.60. The summed E-state index contributed by atoms with van der Waals surface area (Å²) < 4.78 is 0. The van der Waals surface area contributed by atoms with Crippen LogP contribution in [0.3, 0.4) is 0 Å². The van der Waals surface area contributed by atoms with Crippen molar-refractivity contribution in [3.63, 3.8) is 0 Å². The molecule has 2 N–H and O–H groups in total. The van der Waals surface area contributed by atoms with E-state index in [2.05, 4.69) is 0 Å². The fourth-order valence-electron chi connectivity index (χ4n) is 3.36. The highest BCUT2D eigenvalue weighted by Crippen LogP contribution is 2.45. The molecule has 6 nitrogen and oxygen atoms in total. The summed E-state index contributed by atoms with van der Waals surface area (Å²) in [6, 6.07) is 7.98. The first-order valence-electron chi connectivity index (χ1n) is 8.71. The van der Waals surface area contributed by atoms with Crippen molar-refractivity contribution >= 4 is 35.3 Å². The Morgan fingerprint density at radius 1 is 0.808 bits per heavy atom. The van der Waals surface area contributed by atoms with E-state index in [0.29, 0.717) is 13.1 Å². The van der Waals surface area contributed by atoms with Crippen LogP contribution < -0.4 is 0 Å². The predicted octanol–water partition coefficient (Wildman–Crippen LogP) is 1.60. The van der Waals surface area contributed by atoms with E-state index in [9.17, 15) is 19.8 Å². The maximum atomic E-state index is 12.3. The van der Waals surface area contributed by atoms with Crippen LogP contribution in [0.25, 0.3) is 0 Å². The monoisotopic (exact) mass is 396 g/mol. The SMILES string of the molecule is CC1SC(c2ccc(C3SC(C)C(=O)N3CCO)cc2)N(CCO)C1=O. The molecule has 142 valence electrons. The Kier molecular flexibility index (Phi) is 6.17. The predicted molar refractivity (Wildman–Crippen MR) is 104 cm³/mol. The lowest BCUT2D eigenvalue weighted by molar-refractivity contribution is -0.131. The molecule has 26 heavy (non-hydrogen) atoms. The van der Waals surface area contributed by atoms with Crippen molar-refractivity contribution in [2.75, 3.05) is 26.3 Å². The van der Waals surface area contributed by atoms with Crippen molar-refractivity contribution < 1.29 is 19.8 Å². The number of hydrogen-bond donors (Lipinski definition) is 2. The van der Waals surface area contributed by atoms with Crippen molar-refractivity contribution in [2.45, 2.75) is 35.1 Å². The molecule has 2 saturated heterocycles. The molecule has 2 fully saturated rings. The summed E-state index contributed by atoms with van der Waals surface area (Å²) in [5.74, 6) is 0.107. The van der Waals surface area contributed by atoms with Crippen LogP contribution in [-0.2, 0) is 9.59 Å². The fourth-order valence-corrected chi connectivity index (χ4v) is 5.98. The smallest absolute Gasteiger partial charge is 0.236 e. The number of hydrogen-bond acceptors (Lipinski definition) is 6. The third-order valence-corrected chi connectivity index (χ3v) is 7.47. The lowest BCUT2D eigenvalue weighted by Gasteiger charge is -2.25. The second-order valence-electron chi connectivity index (χ2n) is 6.44. The summed E-state index contributed by atoms with van der Waals surface area (Å²) in [6.45, 7) is 4.33. The number of rotatable bonds is 6. The van der Waals surface area contributed by atoms with Crippen LogP contribution in [0.2, 0.25) is 0 Å². The molecule has 2 amide bonds. The van der Waals surface area contributed by atoms with Gasteiger partial charge in [-0.2, -0.15) is 0 Å². The number of aliphatic hydroxyl groups excluding tert-OH is 2. The van der Waals surface area contributed by atoms with Crippen molar-refractivity contribution in [1.82, 2.24) is 9.80 Å². The van der Waals surface area contributed by atoms with Crippen molar-refractivity contribution in [1.29, 1.82) is 0 Å². The van der Waals surface area contributed by atoms with E-state index in [1.807, 2.05) is 38.1 Å². The van der Waals surface area contributed by atoms with Gasteiger partial charge >= 0.3 is 0 Å². The van der Waals surface area contributed by atoms with Gasteiger partial charge in [0.05, 0.1) is 23.7 Å². The number of carbonyl (C=O) groups excluding carboxylic acids is 2. The van der Waals surface area contributed by atoms with Gasteiger partial charge in [0, 0.05) is 13.1 Å². The first-order chi connectivity index (χ1) is 12.5. The summed E-state index contributed by atoms with van der Waals surface area (Å²) in [5.41, 5.74) is 2.03. The molecule has 0 aliphatic carbocycles. The number of carbonyl (C=O) groups is 2. The average molecular weight is 397 g/mol. The van der Waals surface area contributed by atoms with Gasteiger partial charge in [-0.05, 0) is 25.0 Å². The molecule has 0 saturated carbocycles. The van der Waals surface area contributed by atoms with Crippen LogP contribution in [0, 0.1) is 0 Å². The number of benzene rings is 1. The first kappa shape index (κ1) is 19.5. The van der Waals surface area contributed by atoms with Gasteiger partial charge < -0.3 is 20.0 Å². The van der Waals surface area contributed by atoms with Crippen LogP contribution >= 0.6 is 23.5 Å². The molecule has 8 heteroatoms. The van der Waals surface area contributed by atoms with Crippen LogP contribution in [0.5, 0.6) is 0 Å². The minimum Gasteiger partial charge on any atom is -0.395 e. The average Bonchev–Trinajstić information content (AvgIpc) is 3.08. The van der Waals surface area contributed by atoms with E-state index in [1.165, 1.54) is 0 Å². The molecule has 0 radical (unpaired) electrons. The van der Waals surface area contributed by atoms with Crippen LogP contribution in [0.4, 0.5) is 0 Å². The highest BCUT2D eigenvalue weighted by Gasteiger charge is 2.39. The van der Waals surface area contributed by atoms with E-state index in [0.717, 1.165) is 11.1 Å². The van der Waals surface area contributed by atoms with Gasteiger partial charge in [-0.15, -0.1) is 23.5 Å². The number of nitrogens with zero attached hydrogens (tertiary/aromatic N) is 2. The molecule has 4 unspecified atom stereocenters. The summed E-state index contributed by atoms with van der Waals surface area (Å²) in [6.07, 6.45) is 0. The summed E-state index contributed by atoms with van der Waals surface area (Å²) in [5, 5.41) is 18.1. The van der Waals surface area contributed by atoms with Gasteiger partial charge in [-0.3, -0.25) is 9.59 Å². The van der Waals surface area contributed by atoms with E-state index in [4.69, 9.17) is 0 Å². The van der Waals surface area contributed by atoms with E-state index in [1.54, 1.807) is 33.3 Å². The maximum absolute atomic E-state index is 12.3. The van der Waals surface area contributed by atoms with Gasteiger partial charge in [0.25, 0.3) is 0 Å². The van der Waals surface area contributed by atoms with Crippen molar-refractivity contribution in [3.05, 3.63) is 35.4 Å². The molecule has 1 aromatic rings. The topological polar surface area (TPSA) is 81.1 Å². The highest BCUT2D eigenvalue weighted by atomic mass is 32.2. The Hall–Kier alpha value is -1.22. The Morgan fingerprint density at radius 2 is 1.15 bits per heavy atom. The molecule has 0 bridgehead atoms. The molecule has 2 aliphatic rings. The molecule has 3 rings (SSSR count). The second-order valence-corrected chi connectivity index (χ2v) is 9.29. The molecule has 1 aromatic carbocycles. The van der Waals surface area contributed by atoms with E-state index >= 15 is 0 Å². The Morgan fingerprint density at radius 3 is 1.46 bits per heavy atom. The van der Waals surface area contributed by atoms with Crippen molar-refractivity contribution in [3.8, 4) is 0 Å². The molecule has 4 atom stereocenters. The number of aliphatic hydroxyl groups is 2. The summed E-state index contributed by atoms with van der Waals surface area (Å²) in [7, 11) is 0. The fraction of sp³-hybridized carbons (Fsp3) is 0.556. The van der Waals surface area contributed by atoms with Gasteiger partial charge in [-0.1, -0.05) is 24.3 Å². The quantitative estimate of drug-likeness (QED) is 0.760. The maximum Gasteiger partial charge on any atom is 0.236 e. The Balaban J connectivity index is 1.80. The van der Waals surface area contributed by atoms with E-state index in [-0.39, 0.29) is 46.3 Å². The Labute approximate surface area is 161 Å². The van der Waals surface area contributed by atoms with Gasteiger partial charge in [0.2, 0.25) is 11.8 Å². The second kappa shape index (κ2) is 8.21. The molecule has 0 aromatic heterocycles. The lowest BCUT2D eigenvalue weighted by Crippen LogP contribution is -2.33. The third-order valence-electron chi connectivity index (χ3n) is 4.68. The number of thioether (sulfide) groups is 2. The molecule has 2 heterocycles. The number of amides is 2. The van der Waals surface area contributed by atoms with E-state index < -0.39 is 0 Å². The summed E-state index contributed by atoms with van der Waals surface area (Å²) >= 11 is 3.17. The standard InChI is InChI=1S/C18H24N2O4S2/c1-11-15(23)19(7-9-21)17(25-11)13-3-5-14(6-4-13)18-20(8-10-22)16(24)12(2)26-18/h3-6,11-12,17-18,21-22H,7-10H2,1-2H3. The zero-order valence-electron chi connectivity index (χ0n) is 14.9. The molecular weight excluding hydrogens is 372 g/mol. The van der Waals surface area contributed by atoms with Gasteiger partial charge in [0.15, 0.2) is 0 Å². The van der Waals surface area contributed by atoms with Crippen molar-refractivity contribution in [2.24, 2.45) is 0 Å². The minimum absolute atomic E-state index is 0.0531. The molecular formula is C18H24N2O4S2. The first-order valence-corrected chi connectivity index (χ1v) is 10.6. The number of β-amino-alcohol motifs (C(OH)–C–C–N with tert-alkyl or cyclic N) is 2. The summed E-state index contributed by atoms with van der Waals surface area (Å²) in [4.78, 5) is 28.0. The highest BCUT2D eigenvalue weighted by molar-refractivity contribution is 8.01. The van der Waals surface area contributed by atoms with Crippen LogP contribution in [-0.4, -0.2) is 68.6 Å². The zero-order chi connectivity index (χ0) is 18.8. The van der Waals surface area contributed by atoms with Crippen LogP contribution in [0.1, 0.15) is 35.7 Å². The van der Waals surface area contributed by atoms with Gasteiger partial charge in [0.1, 0.15) is 10.7 Å². The Bertz CT molecular complexity index is 613. The minimum atomic E-state index is -0.116. The zero-order valence-corrected chi connectivity index (χ0v) is 16.5. The lowest BCUT2D eigenvalue weighted by atomic mass is 10.1. The van der Waals surface area contributed by atoms with Crippen LogP contribution in [0.15, 0.2) is 24.3 Å². The van der Waals surface area contributed by atoms with Gasteiger partial charge in [-0.25, -0.2) is 0 Å². The largest absolute Gasteiger partial charge is 0.395 e. The molecule has 2 aliphatic heterocycles. The normalized spacial score (nSPS) is 29.1.